The number of ether oxygens (including phenoxy) is 2. The van der Waals surface area contributed by atoms with Gasteiger partial charge in [0.05, 0.1) is 19.4 Å². The summed E-state index contributed by atoms with van der Waals surface area (Å²) in [6, 6.07) is 22.4. The van der Waals surface area contributed by atoms with Crippen LogP contribution >= 0.6 is 0 Å². The first-order chi connectivity index (χ1) is 15.1. The fourth-order valence-electron chi connectivity index (χ4n) is 2.77. The Labute approximate surface area is 182 Å². The molecule has 2 amide bonds. The smallest absolute Gasteiger partial charge is 0.339 e. The number of carbonyl (C=O) groups excluding carboxylic acids is 1. The summed E-state index contributed by atoms with van der Waals surface area (Å²) in [4.78, 5) is 11.8. The van der Waals surface area contributed by atoms with Crippen molar-refractivity contribution in [3.05, 3.63) is 89.5 Å². The van der Waals surface area contributed by atoms with Gasteiger partial charge in [-0.25, -0.2) is 10.2 Å². The third-order valence-corrected chi connectivity index (χ3v) is 4.57. The van der Waals surface area contributed by atoms with Crippen molar-refractivity contribution in [3.63, 3.8) is 0 Å². The number of benzene rings is 3. The van der Waals surface area contributed by atoms with Crippen LogP contribution in [0.5, 0.6) is 11.5 Å². The van der Waals surface area contributed by atoms with Crippen LogP contribution in [0.2, 0.25) is 0 Å². The lowest BCUT2D eigenvalue weighted by molar-refractivity contribution is 0.247. The van der Waals surface area contributed by atoms with Crippen molar-refractivity contribution in [1.82, 2.24) is 5.43 Å². The monoisotopic (exact) mass is 417 g/mol. The zero-order valence-corrected chi connectivity index (χ0v) is 17.8. The molecule has 6 heteroatoms. The van der Waals surface area contributed by atoms with E-state index >= 15 is 0 Å². The Bertz CT molecular complexity index is 1020. The maximum Gasteiger partial charge on any atom is 0.339 e. The number of urea groups is 1. The van der Waals surface area contributed by atoms with E-state index in [0.29, 0.717) is 18.9 Å². The van der Waals surface area contributed by atoms with Crippen LogP contribution in [0.3, 0.4) is 0 Å². The zero-order chi connectivity index (χ0) is 21.9. The molecule has 160 valence electrons. The highest BCUT2D eigenvalue weighted by Gasteiger charge is 2.00. The van der Waals surface area contributed by atoms with Crippen molar-refractivity contribution in [2.45, 2.75) is 20.3 Å². The Morgan fingerprint density at radius 2 is 1.61 bits per heavy atom. The Morgan fingerprint density at radius 3 is 2.35 bits per heavy atom. The van der Waals surface area contributed by atoms with Gasteiger partial charge in [-0.1, -0.05) is 36.4 Å². The molecule has 0 saturated carbocycles. The molecule has 3 aromatic rings. The van der Waals surface area contributed by atoms with E-state index in [-0.39, 0.29) is 0 Å². The number of hydrogen-bond acceptors (Lipinski definition) is 4. The first-order valence-electron chi connectivity index (χ1n) is 10.2. The van der Waals surface area contributed by atoms with Gasteiger partial charge in [0.2, 0.25) is 0 Å². The van der Waals surface area contributed by atoms with Gasteiger partial charge < -0.3 is 14.8 Å². The average molecular weight is 418 g/mol. The van der Waals surface area contributed by atoms with Crippen LogP contribution in [0.25, 0.3) is 0 Å². The number of nitrogens with zero attached hydrogens (tertiary/aromatic N) is 1. The van der Waals surface area contributed by atoms with Gasteiger partial charge in [0.1, 0.15) is 11.5 Å². The highest BCUT2D eigenvalue weighted by atomic mass is 16.5. The van der Waals surface area contributed by atoms with Gasteiger partial charge in [-0.3, -0.25) is 0 Å². The fraction of sp³-hybridized carbons (Fsp3) is 0.200. The maximum absolute atomic E-state index is 11.8. The number of anilines is 1. The van der Waals surface area contributed by atoms with E-state index in [1.54, 1.807) is 18.3 Å². The van der Waals surface area contributed by atoms with Gasteiger partial charge >= 0.3 is 6.03 Å². The molecule has 0 heterocycles. The summed E-state index contributed by atoms with van der Waals surface area (Å²) in [7, 11) is 0. The summed E-state index contributed by atoms with van der Waals surface area (Å²) in [6.07, 6.45) is 2.34. The van der Waals surface area contributed by atoms with E-state index in [9.17, 15) is 4.79 Å². The highest BCUT2D eigenvalue weighted by Crippen LogP contribution is 2.17. The minimum Gasteiger partial charge on any atom is -0.493 e. The third-order valence-electron chi connectivity index (χ3n) is 4.57. The van der Waals surface area contributed by atoms with Gasteiger partial charge in [0, 0.05) is 12.1 Å². The normalized spacial score (nSPS) is 10.6. The van der Waals surface area contributed by atoms with Crippen LogP contribution in [0, 0.1) is 13.8 Å². The number of carbonyl (C=O) groups is 1. The molecule has 0 saturated heterocycles. The van der Waals surface area contributed by atoms with E-state index in [1.165, 1.54) is 11.1 Å². The summed E-state index contributed by atoms with van der Waals surface area (Å²) in [5, 5.41) is 6.67. The van der Waals surface area contributed by atoms with Crippen molar-refractivity contribution in [1.29, 1.82) is 0 Å². The molecule has 6 nitrogen and oxygen atoms in total. The molecular weight excluding hydrogens is 390 g/mol. The van der Waals surface area contributed by atoms with Gasteiger partial charge in [0.15, 0.2) is 0 Å². The van der Waals surface area contributed by atoms with Crippen LogP contribution < -0.4 is 20.2 Å². The number of hydrazone groups is 1. The third kappa shape index (κ3) is 7.51. The second kappa shape index (κ2) is 11.4. The van der Waals surface area contributed by atoms with Crippen molar-refractivity contribution >= 4 is 17.9 Å². The molecule has 3 aromatic carbocycles. The summed E-state index contributed by atoms with van der Waals surface area (Å²) in [5.41, 5.74) is 6.45. The molecule has 0 aromatic heterocycles. The van der Waals surface area contributed by atoms with Gasteiger partial charge in [-0.2, -0.15) is 5.10 Å². The van der Waals surface area contributed by atoms with Gasteiger partial charge in [0.25, 0.3) is 0 Å². The summed E-state index contributed by atoms with van der Waals surface area (Å²) in [5.74, 6) is 1.62. The first-order valence-corrected chi connectivity index (χ1v) is 10.2. The molecule has 31 heavy (non-hydrogen) atoms. The predicted octanol–water partition coefficient (Wildman–Crippen LogP) is 5.31. The largest absolute Gasteiger partial charge is 0.493 e. The number of aryl methyl sites for hydroxylation is 2. The molecule has 0 radical (unpaired) electrons. The Balaban J connectivity index is 1.38. The summed E-state index contributed by atoms with van der Waals surface area (Å²) < 4.78 is 11.6. The lowest BCUT2D eigenvalue weighted by Crippen LogP contribution is -2.24. The maximum atomic E-state index is 11.8. The Morgan fingerprint density at radius 1 is 0.871 bits per heavy atom. The minimum absolute atomic E-state index is 0.404. The van der Waals surface area contributed by atoms with E-state index < -0.39 is 6.03 Å². The topological polar surface area (TPSA) is 72.0 Å². The van der Waals surface area contributed by atoms with Crippen molar-refractivity contribution in [3.8, 4) is 11.5 Å². The minimum atomic E-state index is -0.404. The zero-order valence-electron chi connectivity index (χ0n) is 17.8. The van der Waals surface area contributed by atoms with Crippen LogP contribution in [0.15, 0.2) is 77.9 Å². The standard InChI is InChI=1S/C25H27N3O3/c1-19-12-13-24(16-20(19)2)31-15-7-14-30-23-11-6-8-21(17-23)18-26-28-25(29)27-22-9-4-3-5-10-22/h3-6,8-13,16-18H,7,14-15H2,1-2H3,(H2,27,28,29)/b26-18+. The van der Waals surface area contributed by atoms with E-state index in [1.807, 2.05) is 54.6 Å². The molecule has 0 aliphatic rings. The van der Waals surface area contributed by atoms with Crippen LogP contribution in [-0.2, 0) is 0 Å². The van der Waals surface area contributed by atoms with Crippen LogP contribution in [0.4, 0.5) is 10.5 Å². The molecule has 0 fully saturated rings. The van der Waals surface area contributed by atoms with E-state index in [4.69, 9.17) is 9.47 Å². The molecule has 2 N–H and O–H groups in total. The van der Waals surface area contributed by atoms with E-state index in [2.05, 4.69) is 35.8 Å². The number of nitrogens with one attached hydrogen (secondary N) is 2. The van der Waals surface area contributed by atoms with Crippen molar-refractivity contribution < 1.29 is 14.3 Å². The van der Waals surface area contributed by atoms with Crippen LogP contribution in [-0.4, -0.2) is 25.5 Å². The molecule has 3 rings (SSSR count). The second-order valence-corrected chi connectivity index (χ2v) is 7.06. The highest BCUT2D eigenvalue weighted by molar-refractivity contribution is 5.90. The molecular formula is C25H27N3O3. The van der Waals surface area contributed by atoms with Crippen LogP contribution in [0.1, 0.15) is 23.1 Å². The van der Waals surface area contributed by atoms with Crippen molar-refractivity contribution in [2.24, 2.45) is 5.10 Å². The number of rotatable bonds is 9. The Kier molecular flexibility index (Phi) is 8.05. The molecule has 0 aliphatic heterocycles. The lowest BCUT2D eigenvalue weighted by Gasteiger charge is -2.09. The molecule has 0 bridgehead atoms. The summed E-state index contributed by atoms with van der Waals surface area (Å²) >= 11 is 0. The van der Waals surface area contributed by atoms with E-state index in [0.717, 1.165) is 23.5 Å². The molecule has 0 atom stereocenters. The predicted molar refractivity (Wildman–Crippen MR) is 124 cm³/mol. The quantitative estimate of drug-likeness (QED) is 0.282. The second-order valence-electron chi connectivity index (χ2n) is 7.06. The SMILES string of the molecule is Cc1ccc(OCCCOc2cccc(/C=N/NC(=O)Nc3ccccc3)c2)cc1C. The number of amides is 2. The summed E-state index contributed by atoms with van der Waals surface area (Å²) in [6.45, 7) is 5.29. The van der Waals surface area contributed by atoms with Gasteiger partial charge in [-0.05, 0) is 66.9 Å². The molecule has 0 unspecified atom stereocenters. The Hall–Kier alpha value is -3.80. The fourth-order valence-corrected chi connectivity index (χ4v) is 2.77. The van der Waals surface area contributed by atoms with Crippen molar-refractivity contribution in [2.75, 3.05) is 18.5 Å². The molecule has 0 aliphatic carbocycles. The average Bonchev–Trinajstić information content (AvgIpc) is 2.77. The number of para-hydroxylation sites is 1. The lowest BCUT2D eigenvalue weighted by atomic mass is 10.1. The number of hydrogen-bond donors (Lipinski definition) is 2. The first kappa shape index (κ1) is 21.9. The molecule has 0 spiro atoms. The van der Waals surface area contributed by atoms with Gasteiger partial charge in [-0.15, -0.1) is 0 Å².